The van der Waals surface area contributed by atoms with Gasteiger partial charge in [-0.15, -0.1) is 0 Å². The molecule has 1 aromatic heterocycles. The van der Waals surface area contributed by atoms with Crippen LogP contribution in [0.4, 0.5) is 0 Å². The zero-order chi connectivity index (χ0) is 45.8. The van der Waals surface area contributed by atoms with E-state index >= 15 is 4.57 Å². The molecule has 4 aliphatic carbocycles. The predicted octanol–water partition coefficient (Wildman–Crippen LogP) is 12.2. The number of aromatic nitrogens is 1. The van der Waals surface area contributed by atoms with E-state index in [1.165, 1.54) is 99.4 Å². The van der Waals surface area contributed by atoms with Crippen LogP contribution in [0.5, 0.6) is 0 Å². The van der Waals surface area contributed by atoms with Crippen LogP contribution in [0.2, 0.25) is 0 Å². The van der Waals surface area contributed by atoms with Crippen molar-refractivity contribution in [3.05, 3.63) is 208 Å². The van der Waals surface area contributed by atoms with E-state index in [0.717, 1.165) is 61.4 Å². The molecule has 0 saturated heterocycles. The Balaban J connectivity index is 0.841. The Hall–Kier alpha value is -6.02. The third-order valence-corrected chi connectivity index (χ3v) is 20.0. The van der Waals surface area contributed by atoms with Gasteiger partial charge >= 0.3 is 0 Å². The smallest absolute Gasteiger partial charge is 0.242 e. The van der Waals surface area contributed by atoms with Gasteiger partial charge in [0.1, 0.15) is 0 Å². The van der Waals surface area contributed by atoms with Crippen LogP contribution in [0.15, 0.2) is 164 Å². The molecule has 5 aliphatic rings. The zero-order valence-electron chi connectivity index (χ0n) is 39.9. The molecule has 7 aromatic carbocycles. The largest absolute Gasteiger partial charge is 0.309 e. The van der Waals surface area contributed by atoms with Crippen molar-refractivity contribution >= 4 is 46.2 Å². The molecule has 0 spiro atoms. The number of fused-ring (bicyclic) bond motifs is 3. The molecule has 2 heterocycles. The number of hydrogen-bond acceptors (Lipinski definition) is 2. The van der Waals surface area contributed by atoms with Gasteiger partial charge in [0.15, 0.2) is 7.14 Å². The molecule has 4 bridgehead atoms. The highest BCUT2D eigenvalue weighted by Crippen LogP contribution is 2.66. The summed E-state index contributed by atoms with van der Waals surface area (Å²) in [6, 6.07) is 60.4. The number of pyridine rings is 1. The van der Waals surface area contributed by atoms with Gasteiger partial charge < -0.3 is 4.57 Å². The number of aryl methyl sites for hydroxylation is 6. The minimum Gasteiger partial charge on any atom is -0.309 e. The van der Waals surface area contributed by atoms with E-state index in [9.17, 15) is 0 Å². The molecule has 1 aliphatic heterocycles. The standard InChI is InChI=1S/C63H59BNOP/c1-40-29-42(3)60(43(4)30-40)64(61-44(5)31-41(2)32-45(61)6)52-14-11-13-49(34-52)57-18-12-17-56(65-57)48-21-23-50(24-22-48)62-35-46-33-47(36-62)38-63(37-46,39-62)51-25-27-53(28-26-51)67(66)58-19-9-7-15-54(58)55-16-8-10-20-59(55)67/h7-32,34,46-47H,33,35-39H2,1-6H3. The first-order valence-corrected chi connectivity index (χ1v) is 26.4. The second-order valence-corrected chi connectivity index (χ2v) is 24.1. The van der Waals surface area contributed by atoms with Crippen molar-refractivity contribution in [2.75, 3.05) is 0 Å². The Morgan fingerprint density at radius 3 is 1.48 bits per heavy atom. The number of hydrogen-bond donors (Lipinski definition) is 0. The highest BCUT2D eigenvalue weighted by molar-refractivity contribution is 7.86. The van der Waals surface area contributed by atoms with Gasteiger partial charge in [-0.05, 0) is 143 Å². The average Bonchev–Trinajstić information content (AvgIpc) is 3.58. The fourth-order valence-electron chi connectivity index (χ4n) is 14.7. The van der Waals surface area contributed by atoms with Crippen LogP contribution in [-0.4, -0.2) is 11.7 Å². The highest BCUT2D eigenvalue weighted by Gasteiger charge is 2.58. The lowest BCUT2D eigenvalue weighted by Gasteiger charge is -2.63. The van der Waals surface area contributed by atoms with E-state index in [1.807, 2.05) is 12.1 Å². The molecule has 2 nitrogen and oxygen atoms in total. The monoisotopic (exact) mass is 887 g/mol. The first kappa shape index (κ1) is 42.3. The molecule has 8 aromatic rings. The lowest BCUT2D eigenvalue weighted by molar-refractivity contribution is -0.0281. The summed E-state index contributed by atoms with van der Waals surface area (Å²) < 4.78 is 15.3. The van der Waals surface area contributed by atoms with E-state index in [-0.39, 0.29) is 17.5 Å². The molecule has 0 radical (unpaired) electrons. The van der Waals surface area contributed by atoms with Crippen molar-refractivity contribution in [1.82, 2.24) is 4.98 Å². The molecule has 0 N–H and O–H groups in total. The summed E-state index contributed by atoms with van der Waals surface area (Å²) in [4.78, 5) is 5.37. The Bertz CT molecular complexity index is 3160. The minimum atomic E-state index is -2.95. The molecule has 2 unspecified atom stereocenters. The Kier molecular flexibility index (Phi) is 9.98. The van der Waals surface area contributed by atoms with E-state index in [2.05, 4.69) is 193 Å². The van der Waals surface area contributed by atoms with Gasteiger partial charge in [0, 0.05) is 21.5 Å². The molecule has 2 atom stereocenters. The first-order valence-electron chi connectivity index (χ1n) is 24.7. The second kappa shape index (κ2) is 15.8. The quantitative estimate of drug-likeness (QED) is 0.112. The van der Waals surface area contributed by atoms with Gasteiger partial charge in [0.2, 0.25) is 6.71 Å². The van der Waals surface area contributed by atoms with Gasteiger partial charge in [-0.3, -0.25) is 0 Å². The molecule has 4 fully saturated rings. The van der Waals surface area contributed by atoms with Gasteiger partial charge in [0.05, 0.1) is 11.4 Å². The average molecular weight is 888 g/mol. The van der Waals surface area contributed by atoms with Crippen LogP contribution in [0.3, 0.4) is 0 Å². The molecular weight excluding hydrogens is 828 g/mol. The Morgan fingerprint density at radius 1 is 0.493 bits per heavy atom. The fourth-order valence-corrected chi connectivity index (χ4v) is 17.8. The molecule has 4 heteroatoms. The molecule has 13 rings (SSSR count). The summed E-state index contributed by atoms with van der Waals surface area (Å²) >= 11 is 0. The molecule has 67 heavy (non-hydrogen) atoms. The third kappa shape index (κ3) is 6.82. The van der Waals surface area contributed by atoms with E-state index in [4.69, 9.17) is 4.98 Å². The van der Waals surface area contributed by atoms with Crippen LogP contribution in [-0.2, 0) is 15.4 Å². The van der Waals surface area contributed by atoms with E-state index in [1.54, 1.807) is 0 Å². The molecule has 0 amide bonds. The lowest BCUT2D eigenvalue weighted by atomic mass is 9.34. The highest BCUT2D eigenvalue weighted by atomic mass is 31.2. The normalized spacial score (nSPS) is 21.8. The maximum Gasteiger partial charge on any atom is 0.242 e. The second-order valence-electron chi connectivity index (χ2n) is 21.4. The van der Waals surface area contributed by atoms with Gasteiger partial charge in [-0.2, -0.15) is 0 Å². The Morgan fingerprint density at radius 2 is 0.955 bits per heavy atom. The predicted molar refractivity (Wildman–Crippen MR) is 284 cm³/mol. The van der Waals surface area contributed by atoms with Gasteiger partial charge in [-0.25, -0.2) is 4.98 Å². The summed E-state index contributed by atoms with van der Waals surface area (Å²) in [6.45, 7) is 13.6. The van der Waals surface area contributed by atoms with Crippen LogP contribution >= 0.6 is 7.14 Å². The van der Waals surface area contributed by atoms with E-state index < -0.39 is 7.14 Å². The molecule has 4 saturated carbocycles. The lowest BCUT2D eigenvalue weighted by Crippen LogP contribution is -2.55. The third-order valence-electron chi connectivity index (χ3n) is 16.8. The zero-order valence-corrected chi connectivity index (χ0v) is 40.8. The van der Waals surface area contributed by atoms with Crippen molar-refractivity contribution in [3.63, 3.8) is 0 Å². The van der Waals surface area contributed by atoms with Gasteiger partial charge in [-0.1, -0.05) is 201 Å². The number of rotatable bonds is 8. The van der Waals surface area contributed by atoms with Crippen molar-refractivity contribution in [1.29, 1.82) is 0 Å². The van der Waals surface area contributed by atoms with Crippen LogP contribution < -0.4 is 32.3 Å². The van der Waals surface area contributed by atoms with Crippen LogP contribution in [0.25, 0.3) is 33.6 Å². The number of nitrogens with zero attached hydrogens (tertiary/aromatic N) is 1. The molecule has 330 valence electrons. The topological polar surface area (TPSA) is 30.0 Å². The van der Waals surface area contributed by atoms with E-state index in [0.29, 0.717) is 0 Å². The Labute approximate surface area is 398 Å². The number of benzene rings is 7. The minimum absolute atomic E-state index is 0.111. The van der Waals surface area contributed by atoms with Crippen LogP contribution in [0, 0.1) is 53.4 Å². The summed E-state index contributed by atoms with van der Waals surface area (Å²) in [6.07, 6.45) is 7.62. The molecular formula is C63H59BNOP. The summed E-state index contributed by atoms with van der Waals surface area (Å²) in [5.41, 5.74) is 21.9. The van der Waals surface area contributed by atoms with Crippen molar-refractivity contribution in [2.24, 2.45) is 11.8 Å². The van der Waals surface area contributed by atoms with Crippen molar-refractivity contribution < 1.29 is 4.57 Å². The van der Waals surface area contributed by atoms with Crippen molar-refractivity contribution in [3.8, 4) is 33.6 Å². The maximum atomic E-state index is 15.3. The fraction of sp³-hybridized carbons (Fsp3) is 0.254. The summed E-state index contributed by atoms with van der Waals surface area (Å²) in [7, 11) is -2.95. The first-order chi connectivity index (χ1) is 32.4. The van der Waals surface area contributed by atoms with Crippen molar-refractivity contribution in [2.45, 2.75) is 90.9 Å². The maximum absolute atomic E-state index is 15.3. The summed E-state index contributed by atoms with van der Waals surface area (Å²) in [5.74, 6) is 1.47. The SMILES string of the molecule is Cc1cc(C)c(B(c2cccc(-c3cccc(-c4ccc(C56CC7CC(C5)CC(c5ccc(P8(=O)c9ccccc9-c9ccccc98)cc5)(C7)C6)cc4)n3)c2)c2c(C)cc(C)cc2C)c(C)c1. The van der Waals surface area contributed by atoms with Gasteiger partial charge in [0.25, 0.3) is 0 Å². The summed E-state index contributed by atoms with van der Waals surface area (Å²) in [5, 5.41) is 2.92. The van der Waals surface area contributed by atoms with Crippen LogP contribution in [0.1, 0.15) is 83.0 Å².